The lowest BCUT2D eigenvalue weighted by Gasteiger charge is -2.56. The summed E-state index contributed by atoms with van der Waals surface area (Å²) < 4.78 is 0. The average molecular weight is 486 g/mol. The summed E-state index contributed by atoms with van der Waals surface area (Å²) in [6, 6.07) is 1.10. The molecule has 1 heterocycles. The molecule has 6 nitrogen and oxygen atoms in total. The Kier molecular flexibility index (Phi) is 6.88. The van der Waals surface area contributed by atoms with Crippen molar-refractivity contribution in [2.24, 2.45) is 28.6 Å². The number of halogens is 1. The number of aromatic nitrogens is 1. The lowest BCUT2D eigenvalue weighted by Crippen LogP contribution is -2.51. The van der Waals surface area contributed by atoms with E-state index in [-0.39, 0.29) is 16.7 Å². The van der Waals surface area contributed by atoms with Crippen LogP contribution in [0.2, 0.25) is 5.02 Å². The molecule has 4 aliphatic carbocycles. The standard InChI is InChI=1S/C27H36ClN3O3/c1-5-31(25(33)34)23(26(2,3)4)7-6-20-11-21(22(28)15-29-20)24(32)30-16-27-12-17-8-18(13-27)10-19(9-17)14-27/h11,15,17-19,23H,5,8-10,12-14,16H2,1-4H3,(H,30,32)(H,33,34). The monoisotopic (exact) mass is 485 g/mol. The minimum atomic E-state index is -1.01. The van der Waals surface area contributed by atoms with E-state index in [1.54, 1.807) is 13.0 Å². The Morgan fingerprint density at radius 3 is 2.32 bits per heavy atom. The zero-order chi connectivity index (χ0) is 24.7. The molecule has 2 amide bonds. The molecule has 0 aromatic carbocycles. The molecule has 5 rings (SSSR count). The molecule has 4 fully saturated rings. The minimum Gasteiger partial charge on any atom is -0.465 e. The molecule has 0 aliphatic heterocycles. The molecule has 34 heavy (non-hydrogen) atoms. The summed E-state index contributed by atoms with van der Waals surface area (Å²) in [7, 11) is 0. The molecule has 4 aliphatic rings. The fourth-order valence-electron chi connectivity index (χ4n) is 6.88. The first-order valence-corrected chi connectivity index (χ1v) is 12.8. The van der Waals surface area contributed by atoms with E-state index in [0.29, 0.717) is 29.4 Å². The van der Waals surface area contributed by atoms with Crippen molar-refractivity contribution in [2.75, 3.05) is 13.1 Å². The highest BCUT2D eigenvalue weighted by Crippen LogP contribution is 2.59. The Balaban J connectivity index is 1.49. The van der Waals surface area contributed by atoms with Crippen LogP contribution >= 0.6 is 11.6 Å². The smallest absolute Gasteiger partial charge is 0.408 e. The van der Waals surface area contributed by atoms with Gasteiger partial charge in [-0.2, -0.15) is 0 Å². The number of hydrogen-bond acceptors (Lipinski definition) is 3. The fourth-order valence-corrected chi connectivity index (χ4v) is 7.07. The van der Waals surface area contributed by atoms with Crippen molar-refractivity contribution in [3.05, 3.63) is 28.5 Å². The summed E-state index contributed by atoms with van der Waals surface area (Å²) in [5.74, 6) is 8.36. The van der Waals surface area contributed by atoms with Crippen LogP contribution in [-0.4, -0.2) is 46.1 Å². The summed E-state index contributed by atoms with van der Waals surface area (Å²) in [6.07, 6.45) is 8.25. The van der Waals surface area contributed by atoms with Gasteiger partial charge in [-0.1, -0.05) is 38.3 Å². The summed E-state index contributed by atoms with van der Waals surface area (Å²) in [4.78, 5) is 30.4. The highest BCUT2D eigenvalue weighted by Gasteiger charge is 2.50. The number of carbonyl (C=O) groups excluding carboxylic acids is 1. The number of amides is 2. The Bertz CT molecular complexity index is 985. The van der Waals surface area contributed by atoms with Gasteiger partial charge in [0, 0.05) is 19.3 Å². The van der Waals surface area contributed by atoms with E-state index < -0.39 is 12.1 Å². The number of pyridine rings is 1. The molecule has 4 bridgehead atoms. The van der Waals surface area contributed by atoms with E-state index in [9.17, 15) is 14.7 Å². The van der Waals surface area contributed by atoms with Crippen LogP contribution in [0.4, 0.5) is 4.79 Å². The summed E-state index contributed by atoms with van der Waals surface area (Å²) in [6.45, 7) is 8.69. The maximum Gasteiger partial charge on any atom is 0.408 e. The predicted octanol–water partition coefficient (Wildman–Crippen LogP) is 5.45. The normalized spacial score (nSPS) is 28.1. The third-order valence-electron chi connectivity index (χ3n) is 7.94. The lowest BCUT2D eigenvalue weighted by atomic mass is 9.49. The first-order valence-electron chi connectivity index (χ1n) is 12.4. The van der Waals surface area contributed by atoms with Crippen LogP contribution in [0.3, 0.4) is 0 Å². The van der Waals surface area contributed by atoms with Gasteiger partial charge in [0.25, 0.3) is 5.91 Å². The van der Waals surface area contributed by atoms with E-state index in [1.807, 2.05) is 20.8 Å². The third kappa shape index (κ3) is 5.20. The molecular weight excluding hydrogens is 450 g/mol. The van der Waals surface area contributed by atoms with Gasteiger partial charge in [-0.05, 0) is 86.0 Å². The Hall–Kier alpha value is -2.26. The highest BCUT2D eigenvalue weighted by atomic mass is 35.5. The molecule has 2 N–H and O–H groups in total. The molecule has 0 spiro atoms. The fraction of sp³-hybridized carbons (Fsp3) is 0.667. The second-order valence-corrected chi connectivity index (χ2v) is 12.2. The Labute approximate surface area is 207 Å². The van der Waals surface area contributed by atoms with Crippen LogP contribution in [0.5, 0.6) is 0 Å². The molecule has 7 heteroatoms. The number of rotatable bonds is 5. The second kappa shape index (κ2) is 9.41. The van der Waals surface area contributed by atoms with Crippen molar-refractivity contribution in [1.82, 2.24) is 15.2 Å². The number of carbonyl (C=O) groups is 2. The second-order valence-electron chi connectivity index (χ2n) is 11.8. The number of carboxylic acid groups (broad SMARTS) is 1. The van der Waals surface area contributed by atoms with Gasteiger partial charge >= 0.3 is 6.09 Å². The van der Waals surface area contributed by atoms with Gasteiger partial charge in [0.1, 0.15) is 11.7 Å². The molecule has 4 saturated carbocycles. The summed E-state index contributed by atoms with van der Waals surface area (Å²) >= 11 is 6.34. The highest BCUT2D eigenvalue weighted by molar-refractivity contribution is 6.33. The predicted molar refractivity (Wildman–Crippen MR) is 133 cm³/mol. The van der Waals surface area contributed by atoms with Gasteiger partial charge in [0.15, 0.2) is 0 Å². The van der Waals surface area contributed by atoms with Gasteiger partial charge < -0.3 is 10.4 Å². The van der Waals surface area contributed by atoms with Crippen molar-refractivity contribution in [1.29, 1.82) is 0 Å². The van der Waals surface area contributed by atoms with Crippen molar-refractivity contribution in [2.45, 2.75) is 72.3 Å². The maximum atomic E-state index is 13.1. The van der Waals surface area contributed by atoms with E-state index >= 15 is 0 Å². The SMILES string of the molecule is CCN(C(=O)O)C(C#Cc1cc(C(=O)NCC23CC4CC(CC(C4)C2)C3)c(Cl)cn1)C(C)(C)C. The number of hydrogen-bond donors (Lipinski definition) is 2. The first-order chi connectivity index (χ1) is 16.0. The van der Waals surface area contributed by atoms with Crippen LogP contribution in [0.25, 0.3) is 0 Å². The van der Waals surface area contributed by atoms with E-state index in [0.717, 1.165) is 17.8 Å². The lowest BCUT2D eigenvalue weighted by molar-refractivity contribution is -0.0503. The topological polar surface area (TPSA) is 82.5 Å². The van der Waals surface area contributed by atoms with Crippen LogP contribution < -0.4 is 5.32 Å². The molecule has 1 unspecified atom stereocenters. The van der Waals surface area contributed by atoms with Crippen LogP contribution in [0.15, 0.2) is 12.3 Å². The third-order valence-corrected chi connectivity index (χ3v) is 8.25. The van der Waals surface area contributed by atoms with Crippen LogP contribution in [0, 0.1) is 40.4 Å². The molecule has 0 saturated heterocycles. The van der Waals surface area contributed by atoms with Crippen LogP contribution in [-0.2, 0) is 0 Å². The Morgan fingerprint density at radius 2 is 1.82 bits per heavy atom. The number of nitrogens with one attached hydrogen (secondary N) is 1. The van der Waals surface area contributed by atoms with E-state index in [1.165, 1.54) is 49.6 Å². The molecule has 1 aromatic heterocycles. The van der Waals surface area contributed by atoms with Crippen LogP contribution in [0.1, 0.15) is 82.3 Å². The molecular formula is C27H36ClN3O3. The van der Waals surface area contributed by atoms with Gasteiger partial charge in [0.05, 0.1) is 10.6 Å². The van der Waals surface area contributed by atoms with Crippen molar-refractivity contribution in [3.63, 3.8) is 0 Å². The van der Waals surface area contributed by atoms with Gasteiger partial charge in [0.2, 0.25) is 0 Å². The zero-order valence-corrected chi connectivity index (χ0v) is 21.4. The molecule has 1 aromatic rings. The van der Waals surface area contributed by atoms with Gasteiger partial charge in [-0.3, -0.25) is 9.69 Å². The van der Waals surface area contributed by atoms with E-state index in [4.69, 9.17) is 11.6 Å². The molecule has 0 radical (unpaired) electrons. The maximum absolute atomic E-state index is 13.1. The van der Waals surface area contributed by atoms with Gasteiger partial charge in [-0.25, -0.2) is 9.78 Å². The van der Waals surface area contributed by atoms with Crippen molar-refractivity contribution < 1.29 is 14.7 Å². The quantitative estimate of drug-likeness (QED) is 0.543. The van der Waals surface area contributed by atoms with Gasteiger partial charge in [-0.15, -0.1) is 0 Å². The Morgan fingerprint density at radius 1 is 1.24 bits per heavy atom. The zero-order valence-electron chi connectivity index (χ0n) is 20.7. The summed E-state index contributed by atoms with van der Waals surface area (Å²) in [5.41, 5.74) is 0.627. The van der Waals surface area contributed by atoms with Crippen molar-refractivity contribution in [3.8, 4) is 11.8 Å². The van der Waals surface area contributed by atoms with Crippen molar-refractivity contribution >= 4 is 23.6 Å². The largest absolute Gasteiger partial charge is 0.465 e. The molecule has 1 atom stereocenters. The number of nitrogens with zero attached hydrogens (tertiary/aromatic N) is 2. The first kappa shape index (κ1) is 24.9. The molecule has 184 valence electrons. The summed E-state index contributed by atoms with van der Waals surface area (Å²) in [5, 5.41) is 13.0. The minimum absolute atomic E-state index is 0.195. The average Bonchev–Trinajstić information content (AvgIpc) is 2.74. The van der Waals surface area contributed by atoms with E-state index in [2.05, 4.69) is 22.1 Å².